The first-order valence-corrected chi connectivity index (χ1v) is 10.2. The molecule has 0 aliphatic carbocycles. The molecule has 0 aliphatic heterocycles. The van der Waals surface area contributed by atoms with E-state index >= 15 is 0 Å². The maximum absolute atomic E-state index is 12.3. The Morgan fingerprint density at radius 1 is 0.839 bits per heavy atom. The standard InChI is InChI=1S/C26H20N2O3/c29-26(15-14-25-27-16-24(31-25)18-8-2-1-3-9-18)30-17-23-21-12-5-4-10-19(21)20-11-6-7-13-22(20)28-23/h1-13,16H,14-15,17H2. The van der Waals surface area contributed by atoms with Gasteiger partial charge in [-0.15, -0.1) is 0 Å². The van der Waals surface area contributed by atoms with Crippen LogP contribution in [0.4, 0.5) is 0 Å². The second-order valence-corrected chi connectivity index (χ2v) is 7.27. The summed E-state index contributed by atoms with van der Waals surface area (Å²) < 4.78 is 11.3. The number of oxazole rings is 1. The molecule has 0 N–H and O–H groups in total. The van der Waals surface area contributed by atoms with Gasteiger partial charge >= 0.3 is 5.97 Å². The molecule has 5 nitrogen and oxygen atoms in total. The number of carbonyl (C=O) groups excluding carboxylic acids is 1. The number of ether oxygens (including phenoxy) is 1. The van der Waals surface area contributed by atoms with Crippen LogP contribution in [0, 0.1) is 0 Å². The molecule has 0 saturated carbocycles. The number of hydrogen-bond acceptors (Lipinski definition) is 5. The topological polar surface area (TPSA) is 65.2 Å². The third-order valence-corrected chi connectivity index (χ3v) is 5.21. The van der Waals surface area contributed by atoms with Crippen LogP contribution in [0.3, 0.4) is 0 Å². The summed E-state index contributed by atoms with van der Waals surface area (Å²) in [7, 11) is 0. The lowest BCUT2D eigenvalue weighted by Crippen LogP contribution is -2.07. The average molecular weight is 408 g/mol. The van der Waals surface area contributed by atoms with E-state index in [9.17, 15) is 4.79 Å². The van der Waals surface area contributed by atoms with Crippen LogP contribution >= 0.6 is 0 Å². The molecule has 0 atom stereocenters. The SMILES string of the molecule is O=C(CCc1ncc(-c2ccccc2)o1)OCc1nc2ccccc2c2ccccc12. The second kappa shape index (κ2) is 8.40. The fraction of sp³-hybridized carbons (Fsp3) is 0.115. The minimum Gasteiger partial charge on any atom is -0.459 e. The minimum atomic E-state index is -0.307. The van der Waals surface area contributed by atoms with Gasteiger partial charge in [0.05, 0.1) is 23.8 Å². The van der Waals surface area contributed by atoms with Gasteiger partial charge in [-0.05, 0) is 11.5 Å². The monoisotopic (exact) mass is 408 g/mol. The Kier molecular flexibility index (Phi) is 5.15. The van der Waals surface area contributed by atoms with Crippen LogP contribution in [0.25, 0.3) is 33.0 Å². The highest BCUT2D eigenvalue weighted by molar-refractivity contribution is 6.06. The van der Waals surface area contributed by atoms with E-state index in [-0.39, 0.29) is 19.0 Å². The van der Waals surface area contributed by atoms with Crippen molar-refractivity contribution in [1.29, 1.82) is 0 Å². The highest BCUT2D eigenvalue weighted by Gasteiger charge is 2.12. The van der Waals surface area contributed by atoms with Crippen LogP contribution in [0.5, 0.6) is 0 Å². The highest BCUT2D eigenvalue weighted by Crippen LogP contribution is 2.26. The number of hydrogen-bond donors (Lipinski definition) is 0. The van der Waals surface area contributed by atoms with Crippen LogP contribution in [-0.4, -0.2) is 15.9 Å². The molecule has 5 heteroatoms. The lowest BCUT2D eigenvalue weighted by molar-refractivity contribution is -0.145. The molecule has 2 aromatic heterocycles. The normalized spacial score (nSPS) is 11.1. The van der Waals surface area contributed by atoms with E-state index in [1.165, 1.54) is 0 Å². The first-order chi connectivity index (χ1) is 15.3. The van der Waals surface area contributed by atoms with Gasteiger partial charge in [0.15, 0.2) is 11.7 Å². The Balaban J connectivity index is 1.26. The van der Waals surface area contributed by atoms with Gasteiger partial charge in [0, 0.05) is 22.8 Å². The zero-order chi connectivity index (χ0) is 21.0. The Hall–Kier alpha value is -3.99. The van der Waals surface area contributed by atoms with E-state index in [4.69, 9.17) is 14.1 Å². The lowest BCUT2D eigenvalue weighted by atomic mass is 10.0. The minimum absolute atomic E-state index is 0.130. The summed E-state index contributed by atoms with van der Waals surface area (Å²) in [5, 5.41) is 3.19. The number of rotatable bonds is 6. The number of benzene rings is 3. The summed E-state index contributed by atoms with van der Waals surface area (Å²) in [6, 6.07) is 25.8. The molecule has 3 aromatic carbocycles. The van der Waals surface area contributed by atoms with Crippen molar-refractivity contribution in [1.82, 2.24) is 9.97 Å². The van der Waals surface area contributed by atoms with Crippen LogP contribution in [0.15, 0.2) is 89.5 Å². The molecule has 31 heavy (non-hydrogen) atoms. The molecule has 0 bridgehead atoms. The van der Waals surface area contributed by atoms with E-state index in [1.807, 2.05) is 66.7 Å². The number of para-hydroxylation sites is 1. The molecule has 0 radical (unpaired) electrons. The summed E-state index contributed by atoms with van der Waals surface area (Å²) in [4.78, 5) is 21.3. The van der Waals surface area contributed by atoms with Gasteiger partial charge in [-0.25, -0.2) is 9.97 Å². The largest absolute Gasteiger partial charge is 0.459 e. The van der Waals surface area contributed by atoms with Crippen molar-refractivity contribution in [3.8, 4) is 11.3 Å². The van der Waals surface area contributed by atoms with E-state index in [2.05, 4.69) is 17.1 Å². The second-order valence-electron chi connectivity index (χ2n) is 7.27. The molecule has 0 amide bonds. The van der Waals surface area contributed by atoms with Crippen molar-refractivity contribution in [2.24, 2.45) is 0 Å². The number of carbonyl (C=O) groups is 1. The van der Waals surface area contributed by atoms with Crippen molar-refractivity contribution in [2.75, 3.05) is 0 Å². The van der Waals surface area contributed by atoms with Crippen molar-refractivity contribution in [2.45, 2.75) is 19.4 Å². The summed E-state index contributed by atoms with van der Waals surface area (Å²) in [5.74, 6) is 0.902. The van der Waals surface area contributed by atoms with E-state index in [0.29, 0.717) is 18.1 Å². The quantitative estimate of drug-likeness (QED) is 0.266. The molecule has 5 rings (SSSR count). The third-order valence-electron chi connectivity index (χ3n) is 5.21. The predicted octanol–water partition coefficient (Wildman–Crippen LogP) is 5.72. The van der Waals surface area contributed by atoms with E-state index in [1.54, 1.807) is 6.20 Å². The molecule has 0 aliphatic rings. The first kappa shape index (κ1) is 19.0. The molecule has 0 spiro atoms. The van der Waals surface area contributed by atoms with Gasteiger partial charge in [0.2, 0.25) is 0 Å². The van der Waals surface area contributed by atoms with Crippen molar-refractivity contribution in [3.05, 3.63) is 96.6 Å². The Morgan fingerprint density at radius 2 is 1.55 bits per heavy atom. The summed E-state index contributed by atoms with van der Waals surface area (Å²) >= 11 is 0. The first-order valence-electron chi connectivity index (χ1n) is 10.2. The number of aromatic nitrogens is 2. The number of esters is 1. The number of fused-ring (bicyclic) bond motifs is 3. The molecule has 0 saturated heterocycles. The maximum atomic E-state index is 12.3. The van der Waals surface area contributed by atoms with Crippen LogP contribution in [0.2, 0.25) is 0 Å². The third kappa shape index (κ3) is 4.03. The van der Waals surface area contributed by atoms with Gasteiger partial charge in [0.25, 0.3) is 0 Å². The Morgan fingerprint density at radius 3 is 2.39 bits per heavy atom. The molecule has 2 heterocycles. The van der Waals surface area contributed by atoms with Crippen LogP contribution in [0.1, 0.15) is 18.0 Å². The predicted molar refractivity (Wildman–Crippen MR) is 119 cm³/mol. The summed E-state index contributed by atoms with van der Waals surface area (Å²) in [6.45, 7) is 0.130. The van der Waals surface area contributed by atoms with Crippen molar-refractivity contribution >= 4 is 27.6 Å². The van der Waals surface area contributed by atoms with Gasteiger partial charge < -0.3 is 9.15 Å². The van der Waals surface area contributed by atoms with Crippen LogP contribution in [-0.2, 0) is 22.6 Å². The number of nitrogens with zero attached hydrogens (tertiary/aromatic N) is 2. The fourth-order valence-electron chi connectivity index (χ4n) is 3.68. The number of pyridine rings is 1. The van der Waals surface area contributed by atoms with E-state index < -0.39 is 0 Å². The zero-order valence-electron chi connectivity index (χ0n) is 16.8. The Bertz CT molecular complexity index is 1360. The fourth-order valence-corrected chi connectivity index (χ4v) is 3.68. The molecule has 0 unspecified atom stereocenters. The smallest absolute Gasteiger partial charge is 0.306 e. The van der Waals surface area contributed by atoms with Gasteiger partial charge in [0.1, 0.15) is 6.61 Å². The summed E-state index contributed by atoms with van der Waals surface area (Å²) in [6.07, 6.45) is 2.26. The highest BCUT2D eigenvalue weighted by atomic mass is 16.5. The Labute approximate surface area is 179 Å². The van der Waals surface area contributed by atoms with Crippen molar-refractivity contribution < 1.29 is 13.9 Å². The lowest BCUT2D eigenvalue weighted by Gasteiger charge is -2.10. The van der Waals surface area contributed by atoms with Gasteiger partial charge in [-0.3, -0.25) is 4.79 Å². The average Bonchev–Trinajstić information content (AvgIpc) is 3.31. The molecule has 0 fully saturated rings. The van der Waals surface area contributed by atoms with Gasteiger partial charge in [-0.1, -0.05) is 72.8 Å². The molecule has 5 aromatic rings. The van der Waals surface area contributed by atoms with Gasteiger partial charge in [-0.2, -0.15) is 0 Å². The maximum Gasteiger partial charge on any atom is 0.306 e. The number of aryl methyl sites for hydroxylation is 1. The van der Waals surface area contributed by atoms with Crippen LogP contribution < -0.4 is 0 Å². The van der Waals surface area contributed by atoms with Crippen molar-refractivity contribution in [3.63, 3.8) is 0 Å². The zero-order valence-corrected chi connectivity index (χ0v) is 16.8. The molecule has 152 valence electrons. The molecular formula is C26H20N2O3. The molecular weight excluding hydrogens is 388 g/mol. The van der Waals surface area contributed by atoms with E-state index in [0.717, 1.165) is 32.9 Å². The summed E-state index contributed by atoms with van der Waals surface area (Å²) in [5.41, 5.74) is 2.60.